The van der Waals surface area contributed by atoms with Crippen molar-refractivity contribution in [2.75, 3.05) is 13.2 Å². The molecule has 1 heterocycles. The maximum Gasteiger partial charge on any atom is 0.0619 e. The van der Waals surface area contributed by atoms with Crippen LogP contribution in [-0.2, 0) is 11.2 Å². The summed E-state index contributed by atoms with van der Waals surface area (Å²) in [6.07, 6.45) is 6.27. The molecule has 0 bridgehead atoms. The van der Waals surface area contributed by atoms with Gasteiger partial charge in [0.05, 0.1) is 6.10 Å². The molecule has 1 N–H and O–H groups in total. The van der Waals surface area contributed by atoms with Crippen molar-refractivity contribution in [3.05, 3.63) is 35.4 Å². The second-order valence-corrected chi connectivity index (χ2v) is 6.19. The summed E-state index contributed by atoms with van der Waals surface area (Å²) in [7, 11) is 0. The average Bonchev–Trinajstić information content (AvgIpc) is 2.98. The Morgan fingerprint density at radius 1 is 1.14 bits per heavy atom. The molecular formula is C19H31NO. The van der Waals surface area contributed by atoms with Crippen molar-refractivity contribution in [2.45, 2.75) is 65.0 Å². The topological polar surface area (TPSA) is 21.3 Å². The molecule has 2 heteroatoms. The molecule has 3 unspecified atom stereocenters. The number of benzene rings is 1. The highest BCUT2D eigenvalue weighted by Gasteiger charge is 2.34. The Kier molecular flexibility index (Phi) is 6.72. The Morgan fingerprint density at radius 3 is 2.52 bits per heavy atom. The molecule has 1 fully saturated rings. The van der Waals surface area contributed by atoms with E-state index >= 15 is 0 Å². The predicted octanol–water partition coefficient (Wildman–Crippen LogP) is 4.49. The van der Waals surface area contributed by atoms with E-state index < -0.39 is 0 Å². The average molecular weight is 289 g/mol. The highest BCUT2D eigenvalue weighted by Crippen LogP contribution is 2.35. The van der Waals surface area contributed by atoms with Gasteiger partial charge in [-0.2, -0.15) is 0 Å². The van der Waals surface area contributed by atoms with Gasteiger partial charge in [0.2, 0.25) is 0 Å². The van der Waals surface area contributed by atoms with Crippen molar-refractivity contribution in [3.8, 4) is 0 Å². The zero-order chi connectivity index (χ0) is 15.1. The quantitative estimate of drug-likeness (QED) is 0.761. The van der Waals surface area contributed by atoms with Gasteiger partial charge in [0.25, 0.3) is 0 Å². The molecule has 1 aromatic rings. The Hall–Kier alpha value is -0.860. The first-order valence-corrected chi connectivity index (χ1v) is 8.73. The van der Waals surface area contributed by atoms with Gasteiger partial charge in [-0.05, 0) is 43.4 Å². The van der Waals surface area contributed by atoms with Crippen LogP contribution in [0.15, 0.2) is 24.3 Å². The Morgan fingerprint density at radius 2 is 1.90 bits per heavy atom. The smallest absolute Gasteiger partial charge is 0.0619 e. The molecule has 3 atom stereocenters. The second-order valence-electron chi connectivity index (χ2n) is 6.19. The third-order valence-electron chi connectivity index (χ3n) is 4.58. The number of ether oxygens (including phenoxy) is 1. The highest BCUT2D eigenvalue weighted by atomic mass is 16.5. The van der Waals surface area contributed by atoms with Crippen molar-refractivity contribution in [1.82, 2.24) is 5.32 Å². The SMILES string of the molecule is CCCNC(c1ccc(CCC)cc1)C1CCOC1CC. The monoisotopic (exact) mass is 289 g/mol. The fourth-order valence-electron chi connectivity index (χ4n) is 3.46. The minimum absolute atomic E-state index is 0.412. The standard InChI is InChI=1S/C19H31NO/c1-4-7-15-8-10-16(11-9-15)19(20-13-5-2)17-12-14-21-18(17)6-3/h8-11,17-20H,4-7,12-14H2,1-3H3. The lowest BCUT2D eigenvalue weighted by atomic mass is 9.86. The van der Waals surface area contributed by atoms with Crippen LogP contribution in [0.3, 0.4) is 0 Å². The fourth-order valence-corrected chi connectivity index (χ4v) is 3.46. The number of rotatable bonds is 8. The lowest BCUT2D eigenvalue weighted by Gasteiger charge is -2.29. The van der Waals surface area contributed by atoms with E-state index in [0.717, 1.165) is 19.6 Å². The number of hydrogen-bond donors (Lipinski definition) is 1. The maximum atomic E-state index is 5.92. The van der Waals surface area contributed by atoms with Crippen LogP contribution in [0.2, 0.25) is 0 Å². The van der Waals surface area contributed by atoms with E-state index in [-0.39, 0.29) is 0 Å². The molecule has 1 aliphatic heterocycles. The van der Waals surface area contributed by atoms with Crippen LogP contribution >= 0.6 is 0 Å². The lowest BCUT2D eigenvalue weighted by molar-refractivity contribution is 0.0774. The number of hydrogen-bond acceptors (Lipinski definition) is 2. The molecule has 1 saturated heterocycles. The van der Waals surface area contributed by atoms with Crippen molar-refractivity contribution < 1.29 is 4.74 Å². The van der Waals surface area contributed by atoms with Crippen molar-refractivity contribution >= 4 is 0 Å². The largest absolute Gasteiger partial charge is 0.378 e. The first-order valence-electron chi connectivity index (χ1n) is 8.73. The van der Waals surface area contributed by atoms with E-state index in [4.69, 9.17) is 4.74 Å². The van der Waals surface area contributed by atoms with Crippen LogP contribution in [0.5, 0.6) is 0 Å². The summed E-state index contributed by atoms with van der Waals surface area (Å²) in [5.41, 5.74) is 2.88. The van der Waals surface area contributed by atoms with Gasteiger partial charge in [0.15, 0.2) is 0 Å². The van der Waals surface area contributed by atoms with Crippen LogP contribution < -0.4 is 5.32 Å². The summed E-state index contributed by atoms with van der Waals surface area (Å²) < 4.78 is 5.92. The zero-order valence-corrected chi connectivity index (χ0v) is 13.9. The van der Waals surface area contributed by atoms with Crippen LogP contribution in [0.4, 0.5) is 0 Å². The Bertz CT molecular complexity index is 401. The first-order chi connectivity index (χ1) is 10.3. The molecular weight excluding hydrogens is 258 g/mol. The molecule has 21 heavy (non-hydrogen) atoms. The summed E-state index contributed by atoms with van der Waals surface area (Å²) >= 11 is 0. The van der Waals surface area contributed by atoms with Crippen LogP contribution in [0.1, 0.15) is 63.6 Å². The molecule has 0 saturated carbocycles. The van der Waals surface area contributed by atoms with Gasteiger partial charge < -0.3 is 10.1 Å². The highest BCUT2D eigenvalue weighted by molar-refractivity contribution is 5.26. The van der Waals surface area contributed by atoms with E-state index in [0.29, 0.717) is 18.1 Å². The third-order valence-corrected chi connectivity index (χ3v) is 4.58. The van der Waals surface area contributed by atoms with E-state index in [9.17, 15) is 0 Å². The molecule has 0 spiro atoms. The maximum absolute atomic E-state index is 5.92. The molecule has 2 rings (SSSR count). The van der Waals surface area contributed by atoms with Crippen LogP contribution in [0, 0.1) is 5.92 Å². The van der Waals surface area contributed by atoms with E-state index in [1.807, 2.05) is 0 Å². The van der Waals surface area contributed by atoms with Crippen LogP contribution in [-0.4, -0.2) is 19.3 Å². The van der Waals surface area contributed by atoms with Crippen molar-refractivity contribution in [3.63, 3.8) is 0 Å². The summed E-state index contributed by atoms with van der Waals surface area (Å²) in [4.78, 5) is 0. The van der Waals surface area contributed by atoms with E-state index in [2.05, 4.69) is 50.4 Å². The molecule has 118 valence electrons. The molecule has 1 aliphatic rings. The normalized spacial score (nSPS) is 23.4. The lowest BCUT2D eigenvalue weighted by Crippen LogP contribution is -2.33. The fraction of sp³-hybridized carbons (Fsp3) is 0.684. The van der Waals surface area contributed by atoms with Gasteiger partial charge in [0.1, 0.15) is 0 Å². The van der Waals surface area contributed by atoms with Gasteiger partial charge in [-0.15, -0.1) is 0 Å². The van der Waals surface area contributed by atoms with Crippen molar-refractivity contribution in [2.24, 2.45) is 5.92 Å². The van der Waals surface area contributed by atoms with Gasteiger partial charge in [-0.25, -0.2) is 0 Å². The summed E-state index contributed by atoms with van der Waals surface area (Å²) in [6, 6.07) is 9.69. The van der Waals surface area contributed by atoms with E-state index in [1.54, 1.807) is 0 Å². The predicted molar refractivity (Wildman–Crippen MR) is 89.6 cm³/mol. The number of nitrogens with one attached hydrogen (secondary N) is 1. The van der Waals surface area contributed by atoms with Gasteiger partial charge >= 0.3 is 0 Å². The molecule has 1 aromatic carbocycles. The zero-order valence-electron chi connectivity index (χ0n) is 13.9. The summed E-state index contributed by atoms with van der Waals surface area (Å²) in [5.74, 6) is 0.610. The number of aryl methyl sites for hydroxylation is 1. The molecule has 0 aromatic heterocycles. The molecule has 2 nitrogen and oxygen atoms in total. The van der Waals surface area contributed by atoms with Gasteiger partial charge in [-0.1, -0.05) is 51.5 Å². The molecule has 0 amide bonds. The Labute approximate surface area is 130 Å². The summed E-state index contributed by atoms with van der Waals surface area (Å²) in [6.45, 7) is 8.71. The second kappa shape index (κ2) is 8.55. The molecule has 0 aliphatic carbocycles. The van der Waals surface area contributed by atoms with E-state index in [1.165, 1.54) is 36.8 Å². The minimum atomic E-state index is 0.412. The minimum Gasteiger partial charge on any atom is -0.378 e. The van der Waals surface area contributed by atoms with Crippen LogP contribution in [0.25, 0.3) is 0 Å². The van der Waals surface area contributed by atoms with Gasteiger partial charge in [-0.3, -0.25) is 0 Å². The van der Waals surface area contributed by atoms with Gasteiger partial charge in [0, 0.05) is 18.6 Å². The summed E-state index contributed by atoms with van der Waals surface area (Å²) in [5, 5.41) is 3.76. The van der Waals surface area contributed by atoms with Crippen molar-refractivity contribution in [1.29, 1.82) is 0 Å². The first kappa shape index (κ1) is 16.5. The Balaban J connectivity index is 2.14. The molecule has 0 radical (unpaired) electrons. The third kappa shape index (κ3) is 4.31.